The molecule has 0 saturated heterocycles. The van der Waals surface area contributed by atoms with Gasteiger partial charge in [-0.3, -0.25) is 0 Å². The number of aromatic nitrogens is 2. The van der Waals surface area contributed by atoms with Gasteiger partial charge in [-0.25, -0.2) is 4.39 Å². The highest BCUT2D eigenvalue weighted by atomic mass is 19.1. The highest BCUT2D eigenvalue weighted by Crippen LogP contribution is 2.17. The Kier molecular flexibility index (Phi) is 5.06. The molecular weight excluding hydrogens is 261 g/mol. The molecule has 0 bridgehead atoms. The van der Waals surface area contributed by atoms with Crippen LogP contribution in [0.5, 0.6) is 5.75 Å². The number of halogens is 1. The first kappa shape index (κ1) is 14.5. The van der Waals surface area contributed by atoms with Crippen molar-refractivity contribution >= 4 is 0 Å². The van der Waals surface area contributed by atoms with Crippen LogP contribution in [-0.2, 0) is 13.2 Å². The van der Waals surface area contributed by atoms with Crippen molar-refractivity contribution in [2.75, 3.05) is 6.54 Å². The normalized spacial score (nSPS) is 10.8. The zero-order valence-corrected chi connectivity index (χ0v) is 11.6. The van der Waals surface area contributed by atoms with E-state index in [2.05, 4.69) is 22.4 Å². The average Bonchev–Trinajstić information content (AvgIpc) is 2.82. The molecule has 6 heteroatoms. The second kappa shape index (κ2) is 7.00. The average molecular weight is 279 g/mol. The molecule has 0 radical (unpaired) electrons. The number of ether oxygens (including phenoxy) is 1. The molecular formula is C14H18FN3O2. The number of hydrogen-bond donors (Lipinski definition) is 1. The van der Waals surface area contributed by atoms with E-state index in [4.69, 9.17) is 9.26 Å². The lowest BCUT2D eigenvalue weighted by Gasteiger charge is -2.08. The molecule has 1 aromatic carbocycles. The van der Waals surface area contributed by atoms with Crippen LogP contribution in [0.15, 0.2) is 22.7 Å². The van der Waals surface area contributed by atoms with E-state index in [1.807, 2.05) is 0 Å². The highest BCUT2D eigenvalue weighted by Gasteiger charge is 2.06. The van der Waals surface area contributed by atoms with Crippen molar-refractivity contribution < 1.29 is 13.7 Å². The first-order valence-corrected chi connectivity index (χ1v) is 6.59. The van der Waals surface area contributed by atoms with E-state index in [-0.39, 0.29) is 12.4 Å². The Hall–Kier alpha value is -1.95. The van der Waals surface area contributed by atoms with Crippen LogP contribution >= 0.6 is 0 Å². The molecule has 0 aliphatic rings. The van der Waals surface area contributed by atoms with E-state index >= 15 is 0 Å². The highest BCUT2D eigenvalue weighted by molar-refractivity contribution is 5.29. The van der Waals surface area contributed by atoms with Crippen LogP contribution in [0.2, 0.25) is 0 Å². The van der Waals surface area contributed by atoms with Gasteiger partial charge in [0.1, 0.15) is 11.6 Å². The second-order valence-electron chi connectivity index (χ2n) is 4.50. The van der Waals surface area contributed by atoms with Crippen molar-refractivity contribution in [2.24, 2.45) is 0 Å². The summed E-state index contributed by atoms with van der Waals surface area (Å²) >= 11 is 0. The summed E-state index contributed by atoms with van der Waals surface area (Å²) in [5.74, 6) is 1.05. The van der Waals surface area contributed by atoms with Crippen molar-refractivity contribution in [1.82, 2.24) is 15.5 Å². The van der Waals surface area contributed by atoms with Crippen molar-refractivity contribution in [3.05, 3.63) is 41.3 Å². The molecule has 0 saturated carbocycles. The monoisotopic (exact) mass is 279 g/mol. The Bertz CT molecular complexity index is 557. The molecule has 2 aromatic rings. The maximum atomic E-state index is 13.5. The lowest BCUT2D eigenvalue weighted by molar-refractivity contribution is 0.241. The van der Waals surface area contributed by atoms with Crippen LogP contribution in [0, 0.1) is 12.7 Å². The third-order valence-corrected chi connectivity index (χ3v) is 2.62. The third kappa shape index (κ3) is 4.31. The maximum Gasteiger partial charge on any atom is 0.264 e. The quantitative estimate of drug-likeness (QED) is 0.789. The number of hydrogen-bond acceptors (Lipinski definition) is 5. The van der Waals surface area contributed by atoms with Gasteiger partial charge in [-0.05, 0) is 37.6 Å². The number of aryl methyl sites for hydroxylation is 1. The summed E-state index contributed by atoms with van der Waals surface area (Å²) in [6.45, 7) is 5.45. The molecule has 0 spiro atoms. The molecule has 0 aliphatic heterocycles. The Morgan fingerprint density at radius 3 is 2.90 bits per heavy atom. The predicted molar refractivity (Wildman–Crippen MR) is 71.8 cm³/mol. The minimum atomic E-state index is -0.322. The van der Waals surface area contributed by atoms with Crippen molar-refractivity contribution in [2.45, 2.75) is 33.4 Å². The summed E-state index contributed by atoms with van der Waals surface area (Å²) in [7, 11) is 0. The molecule has 1 heterocycles. The summed E-state index contributed by atoms with van der Waals surface area (Å²) in [6.07, 6.45) is 1.04. The van der Waals surface area contributed by atoms with E-state index in [9.17, 15) is 4.39 Å². The van der Waals surface area contributed by atoms with Crippen LogP contribution in [0.25, 0.3) is 0 Å². The van der Waals surface area contributed by atoms with Gasteiger partial charge in [0.15, 0.2) is 12.4 Å². The SMILES string of the molecule is CCCNCc1cc(F)cc(OCc2nc(C)no2)c1. The van der Waals surface area contributed by atoms with E-state index < -0.39 is 0 Å². The Balaban J connectivity index is 1.96. The molecule has 108 valence electrons. The summed E-state index contributed by atoms with van der Waals surface area (Å²) in [5, 5.41) is 6.88. The van der Waals surface area contributed by atoms with Crippen molar-refractivity contribution in [1.29, 1.82) is 0 Å². The van der Waals surface area contributed by atoms with E-state index in [0.717, 1.165) is 18.5 Å². The molecule has 0 aliphatic carbocycles. The number of rotatable bonds is 7. The van der Waals surface area contributed by atoms with Crippen molar-refractivity contribution in [3.63, 3.8) is 0 Å². The summed E-state index contributed by atoms with van der Waals surface area (Å²) in [5.41, 5.74) is 0.843. The first-order valence-electron chi connectivity index (χ1n) is 6.59. The van der Waals surface area contributed by atoms with Gasteiger partial charge in [-0.2, -0.15) is 4.98 Å². The van der Waals surface area contributed by atoms with Gasteiger partial charge in [0.2, 0.25) is 0 Å². The lowest BCUT2D eigenvalue weighted by atomic mass is 10.2. The molecule has 0 atom stereocenters. The summed E-state index contributed by atoms with van der Waals surface area (Å²) < 4.78 is 23.9. The van der Waals surface area contributed by atoms with Gasteiger partial charge in [-0.1, -0.05) is 12.1 Å². The largest absolute Gasteiger partial charge is 0.484 e. The standard InChI is InChI=1S/C14H18FN3O2/c1-3-4-16-8-11-5-12(15)7-13(6-11)19-9-14-17-10(2)18-20-14/h5-7,16H,3-4,8-9H2,1-2H3. The number of benzene rings is 1. The fourth-order valence-corrected chi connectivity index (χ4v) is 1.76. The van der Waals surface area contributed by atoms with Crippen LogP contribution in [-0.4, -0.2) is 16.7 Å². The first-order chi connectivity index (χ1) is 9.67. The number of nitrogens with zero attached hydrogens (tertiary/aromatic N) is 2. The van der Waals surface area contributed by atoms with E-state index in [1.54, 1.807) is 13.0 Å². The molecule has 0 amide bonds. The molecule has 5 nitrogen and oxygen atoms in total. The van der Waals surface area contributed by atoms with Crippen LogP contribution < -0.4 is 10.1 Å². The number of nitrogens with one attached hydrogen (secondary N) is 1. The zero-order valence-electron chi connectivity index (χ0n) is 11.6. The van der Waals surface area contributed by atoms with Gasteiger partial charge in [0.25, 0.3) is 5.89 Å². The molecule has 1 N–H and O–H groups in total. The Labute approximate surface area is 117 Å². The lowest BCUT2D eigenvalue weighted by Crippen LogP contribution is -2.14. The van der Waals surface area contributed by atoms with Crippen LogP contribution in [0.3, 0.4) is 0 Å². The summed E-state index contributed by atoms with van der Waals surface area (Å²) in [4.78, 5) is 4.02. The smallest absolute Gasteiger partial charge is 0.264 e. The van der Waals surface area contributed by atoms with Gasteiger partial charge in [0.05, 0.1) is 0 Å². The van der Waals surface area contributed by atoms with Gasteiger partial charge in [0, 0.05) is 12.6 Å². The molecule has 2 rings (SSSR count). The van der Waals surface area contributed by atoms with Crippen molar-refractivity contribution in [3.8, 4) is 5.75 Å². The van der Waals surface area contributed by atoms with Gasteiger partial charge >= 0.3 is 0 Å². The van der Waals surface area contributed by atoms with Gasteiger partial charge < -0.3 is 14.6 Å². The molecule has 1 aromatic heterocycles. The zero-order chi connectivity index (χ0) is 14.4. The summed E-state index contributed by atoms with van der Waals surface area (Å²) in [6, 6.07) is 4.63. The second-order valence-corrected chi connectivity index (χ2v) is 4.50. The third-order valence-electron chi connectivity index (χ3n) is 2.62. The molecule has 0 fully saturated rings. The predicted octanol–water partition coefficient (Wildman–Crippen LogP) is 2.60. The van der Waals surface area contributed by atoms with E-state index in [1.165, 1.54) is 12.1 Å². The fraction of sp³-hybridized carbons (Fsp3) is 0.429. The van der Waals surface area contributed by atoms with Crippen LogP contribution in [0.4, 0.5) is 4.39 Å². The minimum Gasteiger partial charge on any atom is -0.484 e. The van der Waals surface area contributed by atoms with Crippen LogP contribution in [0.1, 0.15) is 30.6 Å². The molecule has 20 heavy (non-hydrogen) atoms. The maximum absolute atomic E-state index is 13.5. The van der Waals surface area contributed by atoms with Gasteiger partial charge in [-0.15, -0.1) is 0 Å². The molecule has 0 unspecified atom stereocenters. The Morgan fingerprint density at radius 2 is 2.20 bits per heavy atom. The topological polar surface area (TPSA) is 60.2 Å². The minimum absolute atomic E-state index is 0.131. The Morgan fingerprint density at radius 1 is 1.35 bits per heavy atom. The van der Waals surface area contributed by atoms with E-state index in [0.29, 0.717) is 24.0 Å². The fourth-order valence-electron chi connectivity index (χ4n) is 1.76.